The molecule has 0 aromatic heterocycles. The zero-order valence-corrected chi connectivity index (χ0v) is 16.4. The van der Waals surface area contributed by atoms with Crippen LogP contribution in [0.3, 0.4) is 0 Å². The molecule has 0 atom stereocenters. The third-order valence-electron chi connectivity index (χ3n) is 4.82. The first-order chi connectivity index (χ1) is 14.1. The van der Waals surface area contributed by atoms with Gasteiger partial charge in [0.1, 0.15) is 0 Å². The number of anilines is 3. The van der Waals surface area contributed by atoms with E-state index < -0.39 is 0 Å². The molecule has 0 bridgehead atoms. The molecule has 146 valence electrons. The second-order valence-corrected chi connectivity index (χ2v) is 7.33. The lowest BCUT2D eigenvalue weighted by molar-refractivity contribution is -0.119. The van der Waals surface area contributed by atoms with Gasteiger partial charge in [-0.25, -0.2) is 4.79 Å². The molecule has 4 rings (SSSR count). The summed E-state index contributed by atoms with van der Waals surface area (Å²) in [5.74, 6) is 0.113. The molecule has 1 aliphatic rings. The van der Waals surface area contributed by atoms with Crippen molar-refractivity contribution in [1.82, 2.24) is 0 Å². The monoisotopic (exact) mass is 405 g/mol. The van der Waals surface area contributed by atoms with Crippen molar-refractivity contribution >= 4 is 40.6 Å². The summed E-state index contributed by atoms with van der Waals surface area (Å²) in [4.78, 5) is 26.6. The first-order valence-electron chi connectivity index (χ1n) is 9.39. The Labute approximate surface area is 174 Å². The molecule has 0 saturated carbocycles. The maximum Gasteiger partial charge on any atom is 0.323 e. The number of fused-ring (bicyclic) bond motifs is 1. The average Bonchev–Trinajstić information content (AvgIpc) is 2.72. The van der Waals surface area contributed by atoms with Crippen LogP contribution in [0.4, 0.5) is 21.9 Å². The van der Waals surface area contributed by atoms with Crippen LogP contribution in [0.5, 0.6) is 0 Å². The first kappa shape index (κ1) is 19.0. The summed E-state index contributed by atoms with van der Waals surface area (Å²) in [5, 5.41) is 6.23. The third kappa shape index (κ3) is 4.58. The van der Waals surface area contributed by atoms with Crippen LogP contribution in [-0.2, 0) is 17.8 Å². The summed E-state index contributed by atoms with van der Waals surface area (Å²) >= 11 is 5.86. The summed E-state index contributed by atoms with van der Waals surface area (Å²) in [6.07, 6.45) is 1.12. The fourth-order valence-electron chi connectivity index (χ4n) is 3.40. The molecule has 5 nitrogen and oxygen atoms in total. The van der Waals surface area contributed by atoms with Crippen molar-refractivity contribution in [2.45, 2.75) is 19.4 Å². The number of benzene rings is 3. The Morgan fingerprint density at radius 3 is 2.34 bits per heavy atom. The van der Waals surface area contributed by atoms with E-state index in [0.29, 0.717) is 35.8 Å². The van der Waals surface area contributed by atoms with Crippen LogP contribution in [0.2, 0.25) is 5.02 Å². The maximum atomic E-state index is 12.5. The summed E-state index contributed by atoms with van der Waals surface area (Å²) < 4.78 is 0. The van der Waals surface area contributed by atoms with Gasteiger partial charge < -0.3 is 15.5 Å². The molecule has 0 saturated heterocycles. The number of amides is 3. The predicted octanol–water partition coefficient (Wildman–Crippen LogP) is 5.46. The van der Waals surface area contributed by atoms with Gasteiger partial charge in [0.25, 0.3) is 0 Å². The Morgan fingerprint density at radius 2 is 1.59 bits per heavy atom. The van der Waals surface area contributed by atoms with Crippen LogP contribution in [0.1, 0.15) is 17.5 Å². The van der Waals surface area contributed by atoms with Crippen molar-refractivity contribution in [1.29, 1.82) is 0 Å². The summed E-state index contributed by atoms with van der Waals surface area (Å²) in [7, 11) is 0. The number of carbonyl (C=O) groups is 2. The number of urea groups is 1. The van der Waals surface area contributed by atoms with Gasteiger partial charge in [-0.15, -0.1) is 0 Å². The van der Waals surface area contributed by atoms with Crippen LogP contribution < -0.4 is 15.5 Å². The number of hydrogen-bond donors (Lipinski definition) is 2. The smallest absolute Gasteiger partial charge is 0.308 e. The summed E-state index contributed by atoms with van der Waals surface area (Å²) in [6, 6.07) is 22.1. The molecule has 0 fully saturated rings. The molecule has 6 heteroatoms. The van der Waals surface area contributed by atoms with Crippen molar-refractivity contribution in [2.24, 2.45) is 0 Å². The third-order valence-corrected chi connectivity index (χ3v) is 5.07. The molecule has 0 aliphatic carbocycles. The van der Waals surface area contributed by atoms with Gasteiger partial charge in [-0.1, -0.05) is 41.9 Å². The second-order valence-electron chi connectivity index (χ2n) is 6.89. The van der Waals surface area contributed by atoms with Gasteiger partial charge in [-0.05, 0) is 60.0 Å². The summed E-state index contributed by atoms with van der Waals surface area (Å²) in [6.45, 7) is 0.538. The lowest BCUT2D eigenvalue weighted by Gasteiger charge is -2.30. The highest BCUT2D eigenvalue weighted by molar-refractivity contribution is 6.30. The quantitative estimate of drug-likeness (QED) is 0.605. The average molecular weight is 406 g/mol. The zero-order valence-electron chi connectivity index (χ0n) is 15.7. The van der Waals surface area contributed by atoms with Crippen molar-refractivity contribution in [3.63, 3.8) is 0 Å². The number of halogens is 1. The zero-order chi connectivity index (χ0) is 20.2. The van der Waals surface area contributed by atoms with Crippen LogP contribution in [0, 0.1) is 0 Å². The Morgan fingerprint density at radius 1 is 0.897 bits per heavy atom. The molecule has 2 N–H and O–H groups in total. The number of carbonyl (C=O) groups excluding carboxylic acids is 2. The van der Waals surface area contributed by atoms with Gasteiger partial charge >= 0.3 is 6.03 Å². The van der Waals surface area contributed by atoms with E-state index in [1.165, 1.54) is 0 Å². The standard InChI is InChI=1S/C23H20ClN3O2/c24-18-7-9-19(10-8-18)25-23(29)26-20-11-12-21-17(14-20)6-13-22(28)27(21)15-16-4-2-1-3-5-16/h1-5,7-12,14H,6,13,15H2,(H2,25,26,29). The molecule has 3 amide bonds. The highest BCUT2D eigenvalue weighted by Crippen LogP contribution is 2.31. The van der Waals surface area contributed by atoms with Gasteiger partial charge in [0.15, 0.2) is 0 Å². The van der Waals surface area contributed by atoms with E-state index in [1.807, 2.05) is 53.4 Å². The number of hydrogen-bond acceptors (Lipinski definition) is 2. The molecule has 0 radical (unpaired) electrons. The SMILES string of the molecule is O=C(Nc1ccc(Cl)cc1)Nc1ccc2c(c1)CCC(=O)N2Cc1ccccc1. The first-order valence-corrected chi connectivity index (χ1v) is 9.77. The van der Waals surface area contributed by atoms with E-state index in [4.69, 9.17) is 11.6 Å². The Kier molecular flexibility index (Phi) is 5.49. The lowest BCUT2D eigenvalue weighted by Crippen LogP contribution is -2.34. The van der Waals surface area contributed by atoms with Crippen molar-refractivity contribution in [3.05, 3.63) is 88.9 Å². The Bertz CT molecular complexity index is 1040. The minimum atomic E-state index is -0.333. The molecular weight excluding hydrogens is 386 g/mol. The molecule has 0 spiro atoms. The van der Waals surface area contributed by atoms with Crippen molar-refractivity contribution in [3.8, 4) is 0 Å². The van der Waals surface area contributed by atoms with E-state index in [2.05, 4.69) is 10.6 Å². The van der Waals surface area contributed by atoms with Gasteiger partial charge in [0.05, 0.1) is 6.54 Å². The molecule has 1 heterocycles. The highest BCUT2D eigenvalue weighted by atomic mass is 35.5. The number of nitrogens with zero attached hydrogens (tertiary/aromatic N) is 1. The topological polar surface area (TPSA) is 61.4 Å². The Balaban J connectivity index is 1.48. The Hall–Kier alpha value is -3.31. The predicted molar refractivity (Wildman–Crippen MR) is 116 cm³/mol. The fraction of sp³-hybridized carbons (Fsp3) is 0.130. The van der Waals surface area contributed by atoms with E-state index in [9.17, 15) is 9.59 Å². The van der Waals surface area contributed by atoms with Gasteiger partial charge in [0.2, 0.25) is 5.91 Å². The van der Waals surface area contributed by atoms with Crippen molar-refractivity contribution < 1.29 is 9.59 Å². The van der Waals surface area contributed by atoms with Crippen molar-refractivity contribution in [2.75, 3.05) is 15.5 Å². The largest absolute Gasteiger partial charge is 0.323 e. The molecule has 3 aromatic rings. The van der Waals surface area contributed by atoms with E-state index in [1.54, 1.807) is 24.3 Å². The second kappa shape index (κ2) is 8.37. The van der Waals surface area contributed by atoms with Gasteiger partial charge in [0, 0.05) is 28.5 Å². The van der Waals surface area contributed by atoms with Crippen LogP contribution >= 0.6 is 11.6 Å². The van der Waals surface area contributed by atoms with Gasteiger partial charge in [-0.3, -0.25) is 4.79 Å². The van der Waals surface area contributed by atoms with Crippen LogP contribution in [0.15, 0.2) is 72.8 Å². The molecule has 29 heavy (non-hydrogen) atoms. The number of nitrogens with one attached hydrogen (secondary N) is 2. The van der Waals surface area contributed by atoms with Crippen LogP contribution in [-0.4, -0.2) is 11.9 Å². The normalized spacial score (nSPS) is 13.0. The number of rotatable bonds is 4. The molecular formula is C23H20ClN3O2. The van der Waals surface area contributed by atoms with Crippen LogP contribution in [0.25, 0.3) is 0 Å². The fourth-order valence-corrected chi connectivity index (χ4v) is 3.53. The lowest BCUT2D eigenvalue weighted by atomic mass is 9.99. The molecule has 3 aromatic carbocycles. The highest BCUT2D eigenvalue weighted by Gasteiger charge is 2.24. The van der Waals surface area contributed by atoms with E-state index >= 15 is 0 Å². The molecule has 1 aliphatic heterocycles. The molecule has 0 unspecified atom stereocenters. The minimum Gasteiger partial charge on any atom is -0.308 e. The van der Waals surface area contributed by atoms with E-state index in [0.717, 1.165) is 16.8 Å². The van der Waals surface area contributed by atoms with Gasteiger partial charge in [-0.2, -0.15) is 0 Å². The summed E-state index contributed by atoms with van der Waals surface area (Å²) in [5.41, 5.74) is 4.37. The minimum absolute atomic E-state index is 0.113. The maximum absolute atomic E-state index is 12.5. The number of aryl methyl sites for hydroxylation is 1. The van der Waals surface area contributed by atoms with E-state index in [-0.39, 0.29) is 11.9 Å².